The number of hydrogen-bond donors (Lipinski definition) is 3. The lowest BCUT2D eigenvalue weighted by Crippen LogP contribution is -2.33. The van der Waals surface area contributed by atoms with Crippen LogP contribution in [0, 0.1) is 11.7 Å². The van der Waals surface area contributed by atoms with Crippen molar-refractivity contribution in [3.63, 3.8) is 0 Å². The molecular weight excluding hydrogens is 279 g/mol. The fraction of sp³-hybridized carbons (Fsp3) is 0.500. The summed E-state index contributed by atoms with van der Waals surface area (Å²) in [5.74, 6) is -0.172. The number of thioether (sulfide) groups is 1. The van der Waals surface area contributed by atoms with Crippen LogP contribution >= 0.6 is 11.8 Å². The first-order valence-electron chi connectivity index (χ1n) is 6.48. The molecule has 3 N–H and O–H groups in total. The number of hydrogen-bond acceptors (Lipinski definition) is 3. The summed E-state index contributed by atoms with van der Waals surface area (Å²) in [5, 5.41) is 14.5. The zero-order chi connectivity index (χ0) is 15.1. The minimum absolute atomic E-state index is 0.177. The third kappa shape index (κ3) is 5.79. The molecule has 0 bridgehead atoms. The molecule has 0 aromatic heterocycles. The lowest BCUT2D eigenvalue weighted by molar-refractivity contribution is 0.163. The van der Waals surface area contributed by atoms with E-state index in [1.165, 1.54) is 17.8 Å². The number of carbonyl (C=O) groups excluding carboxylic acids is 1. The molecule has 112 valence electrons. The number of halogens is 1. The lowest BCUT2D eigenvalue weighted by Gasteiger charge is -2.14. The highest BCUT2D eigenvalue weighted by Gasteiger charge is 2.09. The van der Waals surface area contributed by atoms with Gasteiger partial charge in [-0.3, -0.25) is 0 Å². The molecule has 0 aliphatic carbocycles. The van der Waals surface area contributed by atoms with Gasteiger partial charge in [0, 0.05) is 17.1 Å². The monoisotopic (exact) mass is 300 g/mol. The van der Waals surface area contributed by atoms with E-state index in [0.29, 0.717) is 23.5 Å². The van der Waals surface area contributed by atoms with Crippen LogP contribution in [0.25, 0.3) is 0 Å². The van der Waals surface area contributed by atoms with E-state index in [1.54, 1.807) is 25.3 Å². The van der Waals surface area contributed by atoms with Crippen molar-refractivity contribution in [1.82, 2.24) is 5.32 Å². The van der Waals surface area contributed by atoms with Crippen LogP contribution in [0.4, 0.5) is 14.9 Å². The van der Waals surface area contributed by atoms with E-state index in [0.717, 1.165) is 0 Å². The van der Waals surface area contributed by atoms with Crippen molar-refractivity contribution in [1.29, 1.82) is 0 Å². The molecule has 0 heterocycles. The second-order valence-electron chi connectivity index (χ2n) is 4.87. The van der Waals surface area contributed by atoms with Crippen LogP contribution in [0.2, 0.25) is 0 Å². The first kappa shape index (κ1) is 16.8. The average Bonchev–Trinajstić information content (AvgIpc) is 2.36. The van der Waals surface area contributed by atoms with Crippen LogP contribution < -0.4 is 10.6 Å². The van der Waals surface area contributed by atoms with Crippen molar-refractivity contribution in [3.05, 3.63) is 24.0 Å². The van der Waals surface area contributed by atoms with Crippen molar-refractivity contribution in [2.45, 2.75) is 31.3 Å². The number of anilines is 1. The second-order valence-corrected chi connectivity index (χ2v) is 5.72. The van der Waals surface area contributed by atoms with Gasteiger partial charge in [-0.05, 0) is 43.7 Å². The van der Waals surface area contributed by atoms with Crippen molar-refractivity contribution >= 4 is 23.5 Å². The number of aliphatic hydroxyl groups is 1. The summed E-state index contributed by atoms with van der Waals surface area (Å²) in [6.07, 6.45) is 2.03. The molecule has 20 heavy (non-hydrogen) atoms. The number of aliphatic hydroxyl groups excluding tert-OH is 1. The summed E-state index contributed by atoms with van der Waals surface area (Å²) in [6, 6.07) is 4.21. The number of benzene rings is 1. The van der Waals surface area contributed by atoms with Gasteiger partial charge >= 0.3 is 6.03 Å². The Labute approximate surface area is 123 Å². The van der Waals surface area contributed by atoms with Crippen molar-refractivity contribution < 1.29 is 14.3 Å². The first-order valence-corrected chi connectivity index (χ1v) is 7.71. The van der Waals surface area contributed by atoms with Gasteiger partial charge in [0.1, 0.15) is 5.82 Å². The summed E-state index contributed by atoms with van der Waals surface area (Å²) in [5.41, 5.74) is 0.418. The molecule has 0 aliphatic heterocycles. The van der Waals surface area contributed by atoms with Crippen LogP contribution in [0.5, 0.6) is 0 Å². The Morgan fingerprint density at radius 3 is 2.70 bits per heavy atom. The van der Waals surface area contributed by atoms with Crippen LogP contribution in [0.1, 0.15) is 20.3 Å². The smallest absolute Gasteiger partial charge is 0.319 e. The fourth-order valence-corrected chi connectivity index (χ4v) is 2.31. The molecule has 2 amide bonds. The lowest BCUT2D eigenvalue weighted by atomic mass is 10.1. The second kappa shape index (κ2) is 8.11. The van der Waals surface area contributed by atoms with E-state index in [9.17, 15) is 14.3 Å². The molecule has 0 saturated carbocycles. The number of rotatable bonds is 6. The van der Waals surface area contributed by atoms with Crippen LogP contribution in [-0.2, 0) is 0 Å². The Bertz CT molecular complexity index is 455. The topological polar surface area (TPSA) is 61.4 Å². The summed E-state index contributed by atoms with van der Waals surface area (Å²) >= 11 is 1.32. The standard InChI is InChI=1S/C14H21FN2O2S/c1-9(6-10(2)18)8-16-14(19)17-11-4-5-13(20-3)12(15)7-11/h4-5,7,9-10,18H,6,8H2,1-3H3,(H2,16,17,19). The molecule has 4 nitrogen and oxygen atoms in total. The predicted octanol–water partition coefficient (Wildman–Crippen LogP) is 3.08. The molecule has 0 aliphatic rings. The highest BCUT2D eigenvalue weighted by atomic mass is 32.2. The SMILES string of the molecule is CSc1ccc(NC(=O)NCC(C)CC(C)O)cc1F. The molecule has 0 spiro atoms. The van der Waals surface area contributed by atoms with Crippen molar-refractivity contribution in [2.24, 2.45) is 5.92 Å². The molecule has 1 aromatic rings. The van der Waals surface area contributed by atoms with Crippen molar-refractivity contribution in [3.8, 4) is 0 Å². The molecule has 2 unspecified atom stereocenters. The fourth-order valence-electron chi connectivity index (χ4n) is 1.85. The van der Waals surface area contributed by atoms with Gasteiger partial charge in [0.15, 0.2) is 0 Å². The van der Waals surface area contributed by atoms with Gasteiger partial charge in [-0.2, -0.15) is 0 Å². The van der Waals surface area contributed by atoms with E-state index in [-0.39, 0.29) is 23.9 Å². The normalized spacial score (nSPS) is 13.7. The first-order chi connectivity index (χ1) is 9.42. The van der Waals surface area contributed by atoms with E-state index in [2.05, 4.69) is 10.6 Å². The number of urea groups is 1. The van der Waals surface area contributed by atoms with Gasteiger partial charge in [0.25, 0.3) is 0 Å². The summed E-state index contributed by atoms with van der Waals surface area (Å²) in [4.78, 5) is 12.2. The van der Waals surface area contributed by atoms with E-state index in [1.807, 2.05) is 6.92 Å². The zero-order valence-corrected chi connectivity index (χ0v) is 12.8. The quantitative estimate of drug-likeness (QED) is 0.708. The molecule has 1 rings (SSSR count). The van der Waals surface area contributed by atoms with E-state index in [4.69, 9.17) is 0 Å². The van der Waals surface area contributed by atoms with Gasteiger partial charge in [0.2, 0.25) is 0 Å². The average molecular weight is 300 g/mol. The van der Waals surface area contributed by atoms with E-state index >= 15 is 0 Å². The number of amides is 2. The molecular formula is C14H21FN2O2S. The number of carbonyl (C=O) groups is 1. The van der Waals surface area contributed by atoms with E-state index < -0.39 is 0 Å². The Morgan fingerprint density at radius 1 is 1.45 bits per heavy atom. The van der Waals surface area contributed by atoms with Crippen molar-refractivity contribution in [2.75, 3.05) is 18.1 Å². The molecule has 2 atom stereocenters. The van der Waals surface area contributed by atoms with Crippen LogP contribution in [0.3, 0.4) is 0 Å². The Hall–Kier alpha value is -1.27. The van der Waals surface area contributed by atoms with Gasteiger partial charge < -0.3 is 15.7 Å². The van der Waals surface area contributed by atoms with Gasteiger partial charge in [-0.15, -0.1) is 11.8 Å². The maximum Gasteiger partial charge on any atom is 0.319 e. The van der Waals surface area contributed by atoms with Gasteiger partial charge in [-0.25, -0.2) is 9.18 Å². The maximum absolute atomic E-state index is 13.5. The van der Waals surface area contributed by atoms with Crippen LogP contribution in [0.15, 0.2) is 23.1 Å². The molecule has 1 aromatic carbocycles. The maximum atomic E-state index is 13.5. The minimum atomic E-state index is -0.386. The largest absolute Gasteiger partial charge is 0.393 e. The molecule has 6 heteroatoms. The third-order valence-electron chi connectivity index (χ3n) is 2.76. The highest BCUT2D eigenvalue weighted by molar-refractivity contribution is 7.98. The van der Waals surface area contributed by atoms with Gasteiger partial charge in [-0.1, -0.05) is 6.92 Å². The molecule has 0 fully saturated rings. The number of nitrogens with one attached hydrogen (secondary N) is 2. The van der Waals surface area contributed by atoms with Crippen LogP contribution in [-0.4, -0.2) is 30.0 Å². The Morgan fingerprint density at radius 2 is 2.15 bits per heavy atom. The zero-order valence-electron chi connectivity index (χ0n) is 11.9. The van der Waals surface area contributed by atoms with Gasteiger partial charge in [0.05, 0.1) is 6.10 Å². The molecule has 0 radical (unpaired) electrons. The summed E-state index contributed by atoms with van der Waals surface area (Å²) in [7, 11) is 0. The minimum Gasteiger partial charge on any atom is -0.393 e. The predicted molar refractivity (Wildman–Crippen MR) is 80.7 cm³/mol. The Kier molecular flexibility index (Phi) is 6.81. The third-order valence-corrected chi connectivity index (χ3v) is 3.54. The Balaban J connectivity index is 2.44. The molecule has 0 saturated heterocycles. The summed E-state index contributed by atoms with van der Waals surface area (Å²) < 4.78 is 13.5. The highest BCUT2D eigenvalue weighted by Crippen LogP contribution is 2.22. The summed E-state index contributed by atoms with van der Waals surface area (Å²) in [6.45, 7) is 4.12.